The maximum Gasteiger partial charge on any atom is 0.336 e. The van der Waals surface area contributed by atoms with Crippen LogP contribution in [-0.4, -0.2) is 23.4 Å². The quantitative estimate of drug-likeness (QED) is 0.274. The number of hydrogen-bond acceptors (Lipinski definition) is 6. The van der Waals surface area contributed by atoms with E-state index in [0.29, 0.717) is 25.0 Å². The summed E-state index contributed by atoms with van der Waals surface area (Å²) in [4.78, 5) is 12.2. The summed E-state index contributed by atoms with van der Waals surface area (Å²) in [5.41, 5.74) is 2.01. The lowest BCUT2D eigenvalue weighted by Gasteiger charge is -2.37. The van der Waals surface area contributed by atoms with Gasteiger partial charge in [-0.1, -0.05) is 19.1 Å². The standard InChI is InChI=1S/C22H31N2O4P/c1-7-20(19-14-22(25)27-21-13-17(6)9-10-18(19)21)28-29(26-12-8-11-23)24(15(2)3)16(4)5/h9-10,13-16,20H,7-8,12H2,1-6H3. The number of fused-ring (bicyclic) bond motifs is 1. The molecule has 0 aliphatic rings. The lowest BCUT2D eigenvalue weighted by Crippen LogP contribution is -2.34. The van der Waals surface area contributed by atoms with E-state index in [4.69, 9.17) is 18.7 Å². The second kappa shape index (κ2) is 10.8. The molecule has 1 aromatic carbocycles. The van der Waals surface area contributed by atoms with Gasteiger partial charge in [-0.25, -0.2) is 9.46 Å². The Morgan fingerprint density at radius 3 is 2.48 bits per heavy atom. The van der Waals surface area contributed by atoms with E-state index in [2.05, 4.69) is 38.4 Å². The van der Waals surface area contributed by atoms with Crippen molar-refractivity contribution in [2.45, 2.75) is 72.6 Å². The minimum atomic E-state index is -1.41. The van der Waals surface area contributed by atoms with Gasteiger partial charge in [0.2, 0.25) is 0 Å². The zero-order chi connectivity index (χ0) is 21.6. The van der Waals surface area contributed by atoms with Crippen LogP contribution in [0.25, 0.3) is 11.0 Å². The smallest absolute Gasteiger partial charge is 0.336 e. The largest absolute Gasteiger partial charge is 0.423 e. The summed E-state index contributed by atoms with van der Waals surface area (Å²) in [6, 6.07) is 9.89. The van der Waals surface area contributed by atoms with E-state index in [-0.39, 0.29) is 23.8 Å². The molecule has 1 heterocycles. The van der Waals surface area contributed by atoms with Crippen molar-refractivity contribution in [3.8, 4) is 6.07 Å². The van der Waals surface area contributed by atoms with Crippen molar-refractivity contribution >= 4 is 19.5 Å². The average molecular weight is 418 g/mol. The fourth-order valence-corrected chi connectivity index (χ4v) is 5.10. The highest BCUT2D eigenvalue weighted by atomic mass is 31.2. The molecule has 0 saturated carbocycles. The zero-order valence-electron chi connectivity index (χ0n) is 18.1. The normalized spacial score (nSPS) is 13.9. The second-order valence-corrected chi connectivity index (χ2v) is 8.98. The van der Waals surface area contributed by atoms with Crippen molar-refractivity contribution in [1.29, 1.82) is 5.26 Å². The Morgan fingerprint density at radius 1 is 1.21 bits per heavy atom. The first-order chi connectivity index (χ1) is 13.8. The summed E-state index contributed by atoms with van der Waals surface area (Å²) >= 11 is 0. The number of nitrogens with zero attached hydrogens (tertiary/aromatic N) is 2. The molecule has 0 aliphatic carbocycles. The van der Waals surface area contributed by atoms with E-state index in [9.17, 15) is 4.79 Å². The van der Waals surface area contributed by atoms with E-state index in [0.717, 1.165) is 16.5 Å². The highest BCUT2D eigenvalue weighted by Crippen LogP contribution is 2.50. The molecule has 0 spiro atoms. The van der Waals surface area contributed by atoms with Gasteiger partial charge >= 0.3 is 5.63 Å². The summed E-state index contributed by atoms with van der Waals surface area (Å²) < 4.78 is 20.1. The molecule has 2 rings (SSSR count). The van der Waals surface area contributed by atoms with E-state index >= 15 is 0 Å². The molecular weight excluding hydrogens is 387 g/mol. The van der Waals surface area contributed by atoms with E-state index in [1.54, 1.807) is 0 Å². The predicted molar refractivity (Wildman–Crippen MR) is 117 cm³/mol. The first-order valence-corrected chi connectivity index (χ1v) is 11.2. The molecule has 6 nitrogen and oxygen atoms in total. The zero-order valence-corrected chi connectivity index (χ0v) is 19.0. The topological polar surface area (TPSA) is 75.7 Å². The molecule has 0 N–H and O–H groups in total. The predicted octanol–water partition coefficient (Wildman–Crippen LogP) is 5.85. The second-order valence-electron chi connectivity index (χ2n) is 7.57. The van der Waals surface area contributed by atoms with Crippen LogP contribution in [0, 0.1) is 18.3 Å². The van der Waals surface area contributed by atoms with Crippen molar-refractivity contribution in [1.82, 2.24) is 4.67 Å². The Balaban J connectivity index is 2.43. The highest BCUT2D eigenvalue weighted by molar-refractivity contribution is 7.44. The van der Waals surface area contributed by atoms with Crippen LogP contribution in [0.1, 0.15) is 64.7 Å². The van der Waals surface area contributed by atoms with E-state index in [1.807, 2.05) is 32.0 Å². The van der Waals surface area contributed by atoms with Crippen LogP contribution in [0.3, 0.4) is 0 Å². The van der Waals surface area contributed by atoms with Gasteiger partial charge in [-0.3, -0.25) is 0 Å². The van der Waals surface area contributed by atoms with Crippen LogP contribution in [0.15, 0.2) is 33.5 Å². The van der Waals surface area contributed by atoms with Gasteiger partial charge in [0.1, 0.15) is 5.58 Å². The lowest BCUT2D eigenvalue weighted by molar-refractivity contribution is 0.130. The highest BCUT2D eigenvalue weighted by Gasteiger charge is 2.30. The molecule has 0 bridgehead atoms. The third-order valence-corrected chi connectivity index (χ3v) is 6.67. The Bertz CT molecular complexity index is 896. The van der Waals surface area contributed by atoms with Crippen molar-refractivity contribution in [2.75, 3.05) is 6.61 Å². The van der Waals surface area contributed by atoms with Gasteiger partial charge in [0, 0.05) is 23.5 Å². The summed E-state index contributed by atoms with van der Waals surface area (Å²) in [5.74, 6) is 0. The maximum atomic E-state index is 12.2. The van der Waals surface area contributed by atoms with Crippen LogP contribution in [0.4, 0.5) is 0 Å². The molecule has 0 aliphatic heterocycles. The maximum absolute atomic E-state index is 12.2. The van der Waals surface area contributed by atoms with Gasteiger partial charge in [-0.15, -0.1) is 0 Å². The average Bonchev–Trinajstić information content (AvgIpc) is 2.64. The number of nitriles is 1. The van der Waals surface area contributed by atoms with Crippen molar-refractivity contribution < 1.29 is 13.5 Å². The van der Waals surface area contributed by atoms with Gasteiger partial charge in [-0.2, -0.15) is 5.26 Å². The van der Waals surface area contributed by atoms with Crippen LogP contribution < -0.4 is 5.63 Å². The monoisotopic (exact) mass is 418 g/mol. The van der Waals surface area contributed by atoms with Gasteiger partial charge in [-0.05, 0) is 58.2 Å². The Hall–Kier alpha value is -1.77. The number of rotatable bonds is 10. The Morgan fingerprint density at radius 2 is 1.90 bits per heavy atom. The molecule has 158 valence electrons. The minimum absolute atomic E-state index is 0.209. The van der Waals surface area contributed by atoms with E-state index in [1.165, 1.54) is 6.07 Å². The molecular formula is C22H31N2O4P. The van der Waals surface area contributed by atoms with Crippen molar-refractivity contribution in [3.63, 3.8) is 0 Å². The number of hydrogen-bond donors (Lipinski definition) is 0. The molecule has 7 heteroatoms. The number of aryl methyl sites for hydroxylation is 1. The molecule has 2 unspecified atom stereocenters. The van der Waals surface area contributed by atoms with Gasteiger partial charge in [0.15, 0.2) is 0 Å². The fraction of sp³-hybridized carbons (Fsp3) is 0.545. The molecule has 0 radical (unpaired) electrons. The van der Waals surface area contributed by atoms with Crippen LogP contribution in [0.2, 0.25) is 0 Å². The van der Waals surface area contributed by atoms with Crippen molar-refractivity contribution in [3.05, 3.63) is 45.8 Å². The third-order valence-electron chi connectivity index (χ3n) is 4.53. The van der Waals surface area contributed by atoms with Gasteiger partial charge in [0.05, 0.1) is 25.2 Å². The fourth-order valence-electron chi connectivity index (χ4n) is 3.32. The Kier molecular flexibility index (Phi) is 8.79. The number of benzene rings is 1. The lowest BCUT2D eigenvalue weighted by atomic mass is 10.0. The molecule has 0 fully saturated rings. The molecule has 0 saturated heterocycles. The first-order valence-electron chi connectivity index (χ1n) is 10.1. The van der Waals surface area contributed by atoms with Gasteiger partial charge < -0.3 is 13.5 Å². The molecule has 0 amide bonds. The molecule has 29 heavy (non-hydrogen) atoms. The minimum Gasteiger partial charge on any atom is -0.423 e. The summed E-state index contributed by atoms with van der Waals surface area (Å²) in [6.45, 7) is 12.7. The van der Waals surface area contributed by atoms with E-state index < -0.39 is 8.53 Å². The summed E-state index contributed by atoms with van der Waals surface area (Å²) in [6.07, 6.45) is 0.661. The summed E-state index contributed by atoms with van der Waals surface area (Å²) in [7, 11) is -1.41. The van der Waals surface area contributed by atoms with Crippen molar-refractivity contribution in [2.24, 2.45) is 0 Å². The molecule has 2 atom stereocenters. The Labute approximate surface area is 174 Å². The SMILES string of the molecule is CCC(OP(OCCC#N)N(C(C)C)C(C)C)c1cc(=O)oc2cc(C)ccc12. The van der Waals surface area contributed by atoms with Crippen LogP contribution >= 0.6 is 8.53 Å². The van der Waals surface area contributed by atoms with Crippen LogP contribution in [-0.2, 0) is 9.05 Å². The first kappa shape index (κ1) is 23.5. The van der Waals surface area contributed by atoms with Gasteiger partial charge in [0.25, 0.3) is 8.53 Å². The molecule has 2 aromatic rings. The van der Waals surface area contributed by atoms with Crippen LogP contribution in [0.5, 0.6) is 0 Å². The third kappa shape index (κ3) is 6.10. The summed E-state index contributed by atoms with van der Waals surface area (Å²) in [5, 5.41) is 9.76. The molecule has 1 aromatic heterocycles.